The van der Waals surface area contributed by atoms with Crippen molar-refractivity contribution < 1.29 is 9.13 Å². The topological polar surface area (TPSA) is 48.9 Å². The highest BCUT2D eigenvalue weighted by molar-refractivity contribution is 7.97. The van der Waals surface area contributed by atoms with Crippen molar-refractivity contribution in [2.75, 3.05) is 46.7 Å². The fourth-order valence-electron chi connectivity index (χ4n) is 3.30. The first-order valence-corrected chi connectivity index (χ1v) is 10.5. The molecule has 0 bridgehead atoms. The van der Waals surface area contributed by atoms with E-state index < -0.39 is 0 Å². The predicted octanol–water partition coefficient (Wildman–Crippen LogP) is 2.46. The highest BCUT2D eigenvalue weighted by Gasteiger charge is 2.23. The van der Waals surface area contributed by atoms with Gasteiger partial charge in [0, 0.05) is 45.6 Å². The standard InChI is InChI=1S/C19H31FN4OS/c1-21-19(23-13-18-5-4-8-24(18)9-10-25-2)22-12-15-6-7-17(20)11-16(15)14-26-3/h6-7,11,18H,4-5,8-10,12-14H2,1-3H3,(H2,21,22,23). The first-order valence-electron chi connectivity index (χ1n) is 9.11. The van der Waals surface area contributed by atoms with Gasteiger partial charge in [0.1, 0.15) is 5.82 Å². The number of rotatable bonds is 9. The number of aliphatic imine (C=N–C) groups is 1. The van der Waals surface area contributed by atoms with Crippen LogP contribution in [-0.4, -0.2) is 63.6 Å². The fraction of sp³-hybridized carbons (Fsp3) is 0.632. The van der Waals surface area contributed by atoms with Crippen LogP contribution in [0.5, 0.6) is 0 Å². The lowest BCUT2D eigenvalue weighted by atomic mass is 10.1. The minimum Gasteiger partial charge on any atom is -0.383 e. The number of hydrogen-bond acceptors (Lipinski definition) is 4. The van der Waals surface area contributed by atoms with E-state index >= 15 is 0 Å². The van der Waals surface area contributed by atoms with Crippen molar-refractivity contribution in [3.63, 3.8) is 0 Å². The van der Waals surface area contributed by atoms with Gasteiger partial charge in [0.25, 0.3) is 0 Å². The summed E-state index contributed by atoms with van der Waals surface area (Å²) >= 11 is 1.70. The molecule has 0 amide bonds. The maximum atomic E-state index is 13.5. The molecule has 0 aromatic heterocycles. The van der Waals surface area contributed by atoms with Crippen LogP contribution >= 0.6 is 11.8 Å². The van der Waals surface area contributed by atoms with Gasteiger partial charge < -0.3 is 15.4 Å². The number of thioether (sulfide) groups is 1. The number of likely N-dealkylation sites (tertiary alicyclic amines) is 1. The van der Waals surface area contributed by atoms with E-state index in [0.29, 0.717) is 12.6 Å². The summed E-state index contributed by atoms with van der Waals surface area (Å²) in [6, 6.07) is 5.51. The van der Waals surface area contributed by atoms with Crippen molar-refractivity contribution in [2.24, 2.45) is 4.99 Å². The molecule has 1 aromatic carbocycles. The Kier molecular flexibility index (Phi) is 9.22. The van der Waals surface area contributed by atoms with E-state index in [2.05, 4.69) is 20.5 Å². The molecule has 0 spiro atoms. The minimum atomic E-state index is -0.183. The number of nitrogens with one attached hydrogen (secondary N) is 2. The van der Waals surface area contributed by atoms with Crippen LogP contribution in [-0.2, 0) is 17.0 Å². The van der Waals surface area contributed by atoms with Gasteiger partial charge in [-0.2, -0.15) is 11.8 Å². The Labute approximate surface area is 160 Å². The van der Waals surface area contributed by atoms with Gasteiger partial charge in [-0.1, -0.05) is 6.07 Å². The summed E-state index contributed by atoms with van der Waals surface area (Å²) in [5, 5.41) is 6.78. The second-order valence-corrected chi connectivity index (χ2v) is 7.34. The Morgan fingerprint density at radius 2 is 2.23 bits per heavy atom. The maximum Gasteiger partial charge on any atom is 0.191 e. The van der Waals surface area contributed by atoms with Crippen LogP contribution in [0.25, 0.3) is 0 Å². The van der Waals surface area contributed by atoms with Crippen LogP contribution in [0.2, 0.25) is 0 Å². The van der Waals surface area contributed by atoms with Gasteiger partial charge in [0.15, 0.2) is 5.96 Å². The molecule has 5 nitrogen and oxygen atoms in total. The third-order valence-corrected chi connectivity index (χ3v) is 5.32. The summed E-state index contributed by atoms with van der Waals surface area (Å²) in [5.41, 5.74) is 2.13. The maximum absolute atomic E-state index is 13.5. The number of benzene rings is 1. The highest BCUT2D eigenvalue weighted by Crippen LogP contribution is 2.17. The summed E-state index contributed by atoms with van der Waals surface area (Å²) in [6.07, 6.45) is 4.46. The third-order valence-electron chi connectivity index (χ3n) is 4.72. The molecule has 1 fully saturated rings. The van der Waals surface area contributed by atoms with Crippen molar-refractivity contribution in [2.45, 2.75) is 31.2 Å². The number of guanidine groups is 1. The van der Waals surface area contributed by atoms with Gasteiger partial charge in [-0.05, 0) is 48.9 Å². The monoisotopic (exact) mass is 382 g/mol. The summed E-state index contributed by atoms with van der Waals surface area (Å²) in [4.78, 5) is 6.79. The molecule has 146 valence electrons. The number of halogens is 1. The van der Waals surface area contributed by atoms with E-state index in [9.17, 15) is 4.39 Å². The van der Waals surface area contributed by atoms with E-state index in [1.54, 1.807) is 32.0 Å². The Balaban J connectivity index is 1.84. The van der Waals surface area contributed by atoms with E-state index in [4.69, 9.17) is 4.74 Å². The summed E-state index contributed by atoms with van der Waals surface area (Å²) < 4.78 is 18.7. The number of nitrogens with zero attached hydrogens (tertiary/aromatic N) is 2. The molecule has 1 aliphatic rings. The third kappa shape index (κ3) is 6.45. The lowest BCUT2D eigenvalue weighted by Crippen LogP contribution is -2.45. The molecule has 1 atom stereocenters. The Morgan fingerprint density at radius 3 is 2.96 bits per heavy atom. The summed E-state index contributed by atoms with van der Waals surface area (Å²) in [5.74, 6) is 1.40. The normalized spacial score (nSPS) is 18.3. The molecule has 1 aromatic rings. The van der Waals surface area contributed by atoms with Crippen molar-refractivity contribution >= 4 is 17.7 Å². The molecule has 7 heteroatoms. The van der Waals surface area contributed by atoms with Crippen molar-refractivity contribution in [3.8, 4) is 0 Å². The lowest BCUT2D eigenvalue weighted by Gasteiger charge is -2.25. The summed E-state index contributed by atoms with van der Waals surface area (Å²) in [6.45, 7) is 4.38. The van der Waals surface area contributed by atoms with Crippen LogP contribution in [0.1, 0.15) is 24.0 Å². The largest absolute Gasteiger partial charge is 0.383 e. The zero-order chi connectivity index (χ0) is 18.8. The van der Waals surface area contributed by atoms with Gasteiger partial charge in [0.05, 0.1) is 6.61 Å². The molecule has 2 N–H and O–H groups in total. The first-order chi connectivity index (χ1) is 12.7. The van der Waals surface area contributed by atoms with Crippen LogP contribution in [0.4, 0.5) is 4.39 Å². The van der Waals surface area contributed by atoms with Crippen LogP contribution in [0.15, 0.2) is 23.2 Å². The molecule has 1 heterocycles. The molecule has 2 rings (SSSR count). The molecule has 1 unspecified atom stereocenters. The van der Waals surface area contributed by atoms with Crippen molar-refractivity contribution in [1.82, 2.24) is 15.5 Å². The van der Waals surface area contributed by atoms with E-state index in [-0.39, 0.29) is 5.82 Å². The van der Waals surface area contributed by atoms with Crippen molar-refractivity contribution in [3.05, 3.63) is 35.1 Å². The Morgan fingerprint density at radius 1 is 1.38 bits per heavy atom. The quantitative estimate of drug-likeness (QED) is 0.508. The summed E-state index contributed by atoms with van der Waals surface area (Å²) in [7, 11) is 3.52. The smallest absolute Gasteiger partial charge is 0.191 e. The highest BCUT2D eigenvalue weighted by atomic mass is 32.2. The van der Waals surface area contributed by atoms with Gasteiger partial charge in [-0.15, -0.1) is 0 Å². The first kappa shape index (κ1) is 21.0. The van der Waals surface area contributed by atoms with E-state index in [1.165, 1.54) is 18.9 Å². The average molecular weight is 383 g/mol. The molecule has 0 radical (unpaired) electrons. The zero-order valence-electron chi connectivity index (χ0n) is 16.1. The number of hydrogen-bond donors (Lipinski definition) is 2. The van der Waals surface area contributed by atoms with Gasteiger partial charge >= 0.3 is 0 Å². The lowest BCUT2D eigenvalue weighted by molar-refractivity contribution is 0.141. The van der Waals surface area contributed by atoms with E-state index in [0.717, 1.165) is 49.1 Å². The number of ether oxygens (including phenoxy) is 1. The Bertz CT molecular complexity index is 585. The molecule has 0 saturated carbocycles. The van der Waals surface area contributed by atoms with Crippen LogP contribution in [0, 0.1) is 5.82 Å². The van der Waals surface area contributed by atoms with Gasteiger partial charge in [-0.25, -0.2) is 4.39 Å². The molecule has 1 aliphatic heterocycles. The van der Waals surface area contributed by atoms with Crippen LogP contribution in [0.3, 0.4) is 0 Å². The second kappa shape index (κ2) is 11.4. The molecule has 1 saturated heterocycles. The van der Waals surface area contributed by atoms with Crippen LogP contribution < -0.4 is 10.6 Å². The minimum absolute atomic E-state index is 0.183. The Hall–Kier alpha value is -1.31. The molecule has 0 aliphatic carbocycles. The molecular weight excluding hydrogens is 351 g/mol. The van der Waals surface area contributed by atoms with Crippen molar-refractivity contribution in [1.29, 1.82) is 0 Å². The van der Waals surface area contributed by atoms with E-state index in [1.807, 2.05) is 12.3 Å². The number of methoxy groups -OCH3 is 1. The predicted molar refractivity (Wildman–Crippen MR) is 108 cm³/mol. The van der Waals surface area contributed by atoms with Gasteiger partial charge in [0.2, 0.25) is 0 Å². The zero-order valence-corrected chi connectivity index (χ0v) is 16.9. The molecular formula is C19H31FN4OS. The van der Waals surface area contributed by atoms with Gasteiger partial charge in [-0.3, -0.25) is 9.89 Å². The molecule has 26 heavy (non-hydrogen) atoms. The SMILES string of the molecule is CN=C(NCc1ccc(F)cc1CSC)NCC1CCCN1CCOC. The average Bonchev–Trinajstić information content (AvgIpc) is 3.09. The fourth-order valence-corrected chi connectivity index (χ4v) is 3.88. The second-order valence-electron chi connectivity index (χ2n) is 6.48.